The van der Waals surface area contributed by atoms with Crippen LogP contribution >= 0.6 is 11.6 Å². The van der Waals surface area contributed by atoms with E-state index in [-0.39, 0.29) is 12.0 Å². The summed E-state index contributed by atoms with van der Waals surface area (Å²) in [6.07, 6.45) is 19.1. The predicted molar refractivity (Wildman–Crippen MR) is 91.7 cm³/mol. The number of ether oxygens (including phenoxy) is 1. The Hall–Kier alpha value is -0.240. The molecule has 0 unspecified atom stereocenters. The molecule has 0 amide bonds. The molecule has 0 fully saturated rings. The van der Waals surface area contributed by atoms with Gasteiger partial charge in [-0.1, -0.05) is 102 Å². The average Bonchev–Trinajstić information content (AvgIpc) is 2.48. The van der Waals surface area contributed by atoms with E-state index in [1.165, 1.54) is 77.0 Å². The first-order chi connectivity index (χ1) is 10.3. The molecule has 0 N–H and O–H groups in total. The minimum Gasteiger partial charge on any atom is -0.449 e. The van der Waals surface area contributed by atoms with Crippen LogP contribution in [0.25, 0.3) is 0 Å². The monoisotopic (exact) mass is 318 g/mol. The molecule has 0 aliphatic heterocycles. The normalized spacial score (nSPS) is 10.8. The largest absolute Gasteiger partial charge is 0.449 e. The van der Waals surface area contributed by atoms with E-state index in [4.69, 9.17) is 11.6 Å². The third-order valence-corrected chi connectivity index (χ3v) is 4.06. The van der Waals surface area contributed by atoms with Gasteiger partial charge in [0.15, 0.2) is 6.07 Å². The number of esters is 1. The number of alkyl halides is 1. The van der Waals surface area contributed by atoms with Gasteiger partial charge in [-0.3, -0.25) is 4.79 Å². The summed E-state index contributed by atoms with van der Waals surface area (Å²) in [5, 5.41) is 0. The Morgan fingerprint density at radius 3 is 1.48 bits per heavy atom. The maximum atomic E-state index is 11.1. The van der Waals surface area contributed by atoms with Crippen molar-refractivity contribution < 1.29 is 9.53 Å². The molecule has 0 aromatic carbocycles. The van der Waals surface area contributed by atoms with E-state index in [2.05, 4.69) is 11.7 Å². The van der Waals surface area contributed by atoms with Crippen LogP contribution in [0.5, 0.6) is 0 Å². The van der Waals surface area contributed by atoms with E-state index in [1.807, 2.05) is 0 Å². The molecule has 0 rings (SSSR count). The average molecular weight is 319 g/mol. The number of halogens is 1. The first kappa shape index (κ1) is 20.8. The standard InChI is InChI=1S/C18H35ClO2/c1-2-3-4-5-6-7-8-9-10-11-12-13-14-15-16-18(20)21-17-19/h2-17H2,1H3. The number of unbranched alkanes of at least 4 members (excludes halogenated alkanes) is 13. The fourth-order valence-corrected chi connectivity index (χ4v) is 2.72. The van der Waals surface area contributed by atoms with Crippen molar-refractivity contribution in [1.82, 2.24) is 0 Å². The Labute approximate surface area is 137 Å². The van der Waals surface area contributed by atoms with Crippen molar-refractivity contribution in [2.24, 2.45) is 0 Å². The van der Waals surface area contributed by atoms with Crippen LogP contribution in [0, 0.1) is 0 Å². The zero-order chi connectivity index (χ0) is 15.6. The zero-order valence-corrected chi connectivity index (χ0v) is 14.8. The molecule has 0 saturated carbocycles. The molecule has 0 aliphatic rings. The van der Waals surface area contributed by atoms with Crippen LogP contribution in [0.3, 0.4) is 0 Å². The summed E-state index contributed by atoms with van der Waals surface area (Å²) in [5.74, 6) is -0.163. The van der Waals surface area contributed by atoms with Gasteiger partial charge in [0, 0.05) is 6.42 Å². The van der Waals surface area contributed by atoms with Crippen LogP contribution in [0.15, 0.2) is 0 Å². The Morgan fingerprint density at radius 2 is 1.10 bits per heavy atom. The van der Waals surface area contributed by atoms with Crippen LogP contribution in [0.1, 0.15) is 103 Å². The number of hydrogen-bond acceptors (Lipinski definition) is 2. The predicted octanol–water partition coefficient (Wildman–Crippen LogP) is 6.60. The van der Waals surface area contributed by atoms with Gasteiger partial charge in [0.25, 0.3) is 0 Å². The lowest BCUT2D eigenvalue weighted by Gasteiger charge is -2.03. The zero-order valence-electron chi connectivity index (χ0n) is 14.0. The van der Waals surface area contributed by atoms with Gasteiger partial charge in [-0.15, -0.1) is 0 Å². The Kier molecular flexibility index (Phi) is 17.6. The minimum absolute atomic E-state index is 0.0164. The topological polar surface area (TPSA) is 26.3 Å². The molecule has 0 bridgehead atoms. The number of rotatable bonds is 16. The lowest BCUT2D eigenvalue weighted by molar-refractivity contribution is -0.141. The fraction of sp³-hybridized carbons (Fsp3) is 0.944. The second-order valence-electron chi connectivity index (χ2n) is 5.97. The van der Waals surface area contributed by atoms with E-state index >= 15 is 0 Å². The second kappa shape index (κ2) is 17.8. The maximum Gasteiger partial charge on any atom is 0.306 e. The van der Waals surface area contributed by atoms with Crippen LogP contribution in [0.2, 0.25) is 0 Å². The lowest BCUT2D eigenvalue weighted by Crippen LogP contribution is -2.01. The number of carbonyl (C=O) groups excluding carboxylic acids is 1. The van der Waals surface area contributed by atoms with Gasteiger partial charge in [0.05, 0.1) is 0 Å². The van der Waals surface area contributed by atoms with Gasteiger partial charge in [-0.25, -0.2) is 0 Å². The highest BCUT2D eigenvalue weighted by Gasteiger charge is 2.00. The highest BCUT2D eigenvalue weighted by Crippen LogP contribution is 2.13. The molecule has 21 heavy (non-hydrogen) atoms. The van der Waals surface area contributed by atoms with E-state index in [1.54, 1.807) is 0 Å². The van der Waals surface area contributed by atoms with Gasteiger partial charge in [0.2, 0.25) is 0 Å². The molecule has 0 saturated heterocycles. The van der Waals surface area contributed by atoms with Crippen molar-refractivity contribution in [3.8, 4) is 0 Å². The molecule has 0 spiro atoms. The fourth-order valence-electron chi connectivity index (χ4n) is 2.60. The molecule has 0 aliphatic carbocycles. The minimum atomic E-state index is -0.163. The number of carbonyl (C=O) groups is 1. The van der Waals surface area contributed by atoms with E-state index in [0.717, 1.165) is 12.8 Å². The summed E-state index contributed by atoms with van der Waals surface area (Å²) < 4.78 is 4.68. The molecule has 0 aromatic rings. The Bertz CT molecular complexity index is 219. The molecule has 3 heteroatoms. The summed E-state index contributed by atoms with van der Waals surface area (Å²) in [7, 11) is 0. The van der Waals surface area contributed by atoms with Crippen molar-refractivity contribution in [2.45, 2.75) is 103 Å². The van der Waals surface area contributed by atoms with Gasteiger partial charge in [0.1, 0.15) is 0 Å². The smallest absolute Gasteiger partial charge is 0.306 e. The van der Waals surface area contributed by atoms with Crippen molar-refractivity contribution in [3.05, 3.63) is 0 Å². The molecule has 0 heterocycles. The molecule has 0 atom stereocenters. The summed E-state index contributed by atoms with van der Waals surface area (Å²) in [4.78, 5) is 11.1. The lowest BCUT2D eigenvalue weighted by atomic mass is 10.0. The quantitative estimate of drug-likeness (QED) is 0.182. The molecule has 2 nitrogen and oxygen atoms in total. The molecular weight excluding hydrogens is 284 g/mol. The molecular formula is C18H35ClO2. The van der Waals surface area contributed by atoms with Crippen molar-refractivity contribution in [1.29, 1.82) is 0 Å². The third kappa shape index (κ3) is 17.7. The van der Waals surface area contributed by atoms with Gasteiger partial charge < -0.3 is 4.74 Å². The van der Waals surface area contributed by atoms with Gasteiger partial charge in [-0.05, 0) is 6.42 Å². The Morgan fingerprint density at radius 1 is 0.714 bits per heavy atom. The highest BCUT2D eigenvalue weighted by atomic mass is 35.5. The summed E-state index contributed by atoms with van der Waals surface area (Å²) in [5.41, 5.74) is 0. The summed E-state index contributed by atoms with van der Waals surface area (Å²) in [6.45, 7) is 2.27. The Balaban J connectivity index is 3.01. The highest BCUT2D eigenvalue weighted by molar-refractivity contribution is 6.17. The van der Waals surface area contributed by atoms with Crippen molar-refractivity contribution >= 4 is 17.6 Å². The van der Waals surface area contributed by atoms with E-state index < -0.39 is 0 Å². The van der Waals surface area contributed by atoms with E-state index in [9.17, 15) is 4.79 Å². The third-order valence-electron chi connectivity index (χ3n) is 3.95. The molecule has 126 valence electrons. The maximum absolute atomic E-state index is 11.1. The first-order valence-electron chi connectivity index (χ1n) is 9.02. The SMILES string of the molecule is CCCCCCCCCCCCCCCCC(=O)OCCl. The summed E-state index contributed by atoms with van der Waals surface area (Å²) in [6, 6.07) is -0.0164. The summed E-state index contributed by atoms with van der Waals surface area (Å²) >= 11 is 5.32. The molecule has 0 radical (unpaired) electrons. The van der Waals surface area contributed by atoms with Crippen LogP contribution in [0.4, 0.5) is 0 Å². The van der Waals surface area contributed by atoms with Gasteiger partial charge in [-0.2, -0.15) is 0 Å². The van der Waals surface area contributed by atoms with Crippen LogP contribution in [-0.2, 0) is 9.53 Å². The number of hydrogen-bond donors (Lipinski definition) is 0. The molecule has 0 aromatic heterocycles. The van der Waals surface area contributed by atoms with Crippen molar-refractivity contribution in [2.75, 3.05) is 6.07 Å². The van der Waals surface area contributed by atoms with Crippen LogP contribution in [-0.4, -0.2) is 12.0 Å². The first-order valence-corrected chi connectivity index (χ1v) is 9.56. The van der Waals surface area contributed by atoms with Crippen LogP contribution < -0.4 is 0 Å². The second-order valence-corrected chi connectivity index (χ2v) is 6.19. The van der Waals surface area contributed by atoms with Gasteiger partial charge >= 0.3 is 5.97 Å². The van der Waals surface area contributed by atoms with Crippen molar-refractivity contribution in [3.63, 3.8) is 0 Å². The van der Waals surface area contributed by atoms with E-state index in [0.29, 0.717) is 6.42 Å².